The fourth-order valence-electron chi connectivity index (χ4n) is 9.44. The number of methoxy groups -OCH3 is 2. The number of aliphatic hydroxyl groups is 1. The molecule has 0 aliphatic heterocycles. The second-order valence-electron chi connectivity index (χ2n) is 22.0. The van der Waals surface area contributed by atoms with Gasteiger partial charge in [0.05, 0.1) is 83.8 Å². The Hall–Kier alpha value is -7.68. The largest absolute Gasteiger partial charge is 0.481 e. The van der Waals surface area contributed by atoms with Crippen LogP contribution in [-0.4, -0.2) is 146 Å². The molecule has 5 unspecified atom stereocenters. The molecule has 2 N–H and O–H groups in total. The van der Waals surface area contributed by atoms with Crippen LogP contribution in [0.5, 0.6) is 0 Å². The number of carboxylic acids is 1. The second kappa shape index (κ2) is 42.3. The van der Waals surface area contributed by atoms with Crippen LogP contribution in [0.4, 0.5) is 0 Å². The standard InChI is InChI=1S/C37H50O9.C19H16O2.C11H20O5.C5H8O2/c1-24(2)32(35(38)39)21-25(3)34(37(41)45-20-19-44-18-17-43-16-15-42-6)26(4)27(5)36(40)46-23-33-30-13-9-7-11-28(30)22-29-12-8-10-14-31(29)33;1-13(2)19(20)21-12-18-16-9-5-3-7-14(16)11-15-8-4-6-10-17(15)18;1-10(2)11(12)16-9-8-15-7-6-14-5-4-13-3;1-4(2)5(7)3-6/h7-14,22,24-27,32,34H,15-21,23H2,1-6H3,(H,38,39);3-11H,1,12H2,2H3;1,4-9H2,2-3H3;6H,1,3H2,2H3. The molecule has 18 heteroatoms. The van der Waals surface area contributed by atoms with E-state index in [0.717, 1.165) is 54.2 Å². The van der Waals surface area contributed by atoms with Crippen LogP contribution < -0.4 is 0 Å². The third-order valence-corrected chi connectivity index (χ3v) is 14.7. The van der Waals surface area contributed by atoms with Crippen LogP contribution in [-0.2, 0) is 89.3 Å². The van der Waals surface area contributed by atoms with E-state index in [1.807, 2.05) is 100 Å². The predicted molar refractivity (Wildman–Crippen MR) is 350 cm³/mol. The van der Waals surface area contributed by atoms with E-state index in [0.29, 0.717) is 76.2 Å². The van der Waals surface area contributed by atoms with E-state index in [-0.39, 0.29) is 69.0 Å². The number of benzene rings is 6. The van der Waals surface area contributed by atoms with E-state index in [1.54, 1.807) is 41.9 Å². The van der Waals surface area contributed by atoms with Crippen molar-refractivity contribution in [2.45, 2.75) is 75.0 Å². The Kier molecular flexibility index (Phi) is 36.0. The average Bonchev–Trinajstić information content (AvgIpc) is 1.02. The highest BCUT2D eigenvalue weighted by molar-refractivity contribution is 6.03. The van der Waals surface area contributed by atoms with Gasteiger partial charge in [0.25, 0.3) is 0 Å². The molecule has 0 saturated carbocycles. The fourth-order valence-corrected chi connectivity index (χ4v) is 9.44. The van der Waals surface area contributed by atoms with Crippen molar-refractivity contribution in [1.82, 2.24) is 0 Å². The maximum absolute atomic E-state index is 13.5. The van der Waals surface area contributed by atoms with Crippen LogP contribution in [0.15, 0.2) is 146 Å². The fraction of sp³-hybridized carbons (Fsp3) is 0.444. The summed E-state index contributed by atoms with van der Waals surface area (Å²) in [5.41, 5.74) is 3.18. The van der Waals surface area contributed by atoms with Crippen LogP contribution in [0.3, 0.4) is 0 Å². The summed E-state index contributed by atoms with van der Waals surface area (Å²) in [7, 11) is 3.22. The van der Waals surface area contributed by atoms with Gasteiger partial charge in [-0.3, -0.25) is 19.2 Å². The molecule has 0 aromatic heterocycles. The molecule has 0 radical (unpaired) electrons. The van der Waals surface area contributed by atoms with Gasteiger partial charge in [0, 0.05) is 36.5 Å². The number of ketones is 1. The molecule has 490 valence electrons. The monoisotopic (exact) mass is 1250 g/mol. The van der Waals surface area contributed by atoms with E-state index in [4.69, 9.17) is 52.5 Å². The molecule has 18 nitrogen and oxygen atoms in total. The first-order valence-electron chi connectivity index (χ1n) is 30.2. The van der Waals surface area contributed by atoms with Crippen LogP contribution in [0.25, 0.3) is 43.1 Å². The van der Waals surface area contributed by atoms with Gasteiger partial charge in [0.15, 0.2) is 5.78 Å². The molecule has 6 rings (SSSR count). The topological polar surface area (TPSA) is 235 Å². The number of aliphatic hydroxyl groups excluding tert-OH is 1. The number of carbonyl (C=O) groups excluding carboxylic acids is 5. The van der Waals surface area contributed by atoms with Crippen molar-refractivity contribution in [2.75, 3.05) is 100 Å². The lowest BCUT2D eigenvalue weighted by atomic mass is 9.73. The molecule has 0 aliphatic carbocycles. The summed E-state index contributed by atoms with van der Waals surface area (Å²) in [6.45, 7) is 29.0. The summed E-state index contributed by atoms with van der Waals surface area (Å²) in [5.74, 6) is -5.82. The van der Waals surface area contributed by atoms with E-state index >= 15 is 0 Å². The number of rotatable bonds is 35. The number of Topliss-reactive ketones (excluding diaryl/α,β-unsaturated/α-hetero) is 1. The smallest absolute Gasteiger partial charge is 0.333 e. The summed E-state index contributed by atoms with van der Waals surface area (Å²) in [5, 5.41) is 26.6. The Morgan fingerprint density at radius 3 is 1.16 bits per heavy atom. The van der Waals surface area contributed by atoms with Gasteiger partial charge in [0.1, 0.15) is 33.0 Å². The zero-order valence-corrected chi connectivity index (χ0v) is 54.2. The highest BCUT2D eigenvalue weighted by Crippen LogP contribution is 2.36. The lowest BCUT2D eigenvalue weighted by Gasteiger charge is -2.32. The van der Waals surface area contributed by atoms with Gasteiger partial charge in [-0.2, -0.15) is 0 Å². The minimum Gasteiger partial charge on any atom is -0.481 e. The van der Waals surface area contributed by atoms with Gasteiger partial charge >= 0.3 is 29.8 Å². The minimum atomic E-state index is -0.905. The first-order valence-corrected chi connectivity index (χ1v) is 30.2. The number of carboxylic acid groups (broad SMARTS) is 1. The van der Waals surface area contributed by atoms with Crippen molar-refractivity contribution in [3.63, 3.8) is 0 Å². The Labute approximate surface area is 530 Å². The van der Waals surface area contributed by atoms with E-state index < -0.39 is 48.2 Å². The third-order valence-electron chi connectivity index (χ3n) is 14.7. The number of hydrogen-bond acceptors (Lipinski definition) is 17. The van der Waals surface area contributed by atoms with Crippen molar-refractivity contribution >= 4 is 78.7 Å². The second-order valence-corrected chi connectivity index (χ2v) is 22.0. The SMILES string of the molecule is C=C(C)C(=O)CO.C=C(C)C(=O)OCCOCCOCCOC.C=C(C)C(=O)OCc1c2ccccc2cc2ccccc12.COCCOCCOCCOC(=O)C(C(C)CC(C(=O)O)C(C)C)C(C)C(C)C(=O)OCc1c2ccccc2cc2ccccc12. The van der Waals surface area contributed by atoms with E-state index in [9.17, 15) is 33.9 Å². The number of esters is 4. The number of ether oxygens (including phenoxy) is 10. The zero-order chi connectivity index (χ0) is 66.5. The summed E-state index contributed by atoms with van der Waals surface area (Å²) in [6, 6.07) is 36.6. The van der Waals surface area contributed by atoms with Crippen molar-refractivity contribution < 1.29 is 86.3 Å². The molecule has 0 fully saturated rings. The first kappa shape index (κ1) is 76.6. The maximum Gasteiger partial charge on any atom is 0.333 e. The van der Waals surface area contributed by atoms with Crippen LogP contribution in [0, 0.1) is 35.5 Å². The van der Waals surface area contributed by atoms with E-state index in [1.165, 1.54) is 0 Å². The Balaban J connectivity index is 0.000000391. The lowest BCUT2D eigenvalue weighted by molar-refractivity contribution is -0.160. The summed E-state index contributed by atoms with van der Waals surface area (Å²) in [6.07, 6.45) is 0.274. The number of aliphatic carboxylic acids is 1. The third kappa shape index (κ3) is 26.4. The summed E-state index contributed by atoms with van der Waals surface area (Å²) < 4.78 is 52.7. The van der Waals surface area contributed by atoms with E-state index in [2.05, 4.69) is 56.1 Å². The maximum atomic E-state index is 13.5. The molecule has 0 bridgehead atoms. The van der Waals surface area contributed by atoms with Crippen molar-refractivity contribution in [2.24, 2.45) is 35.5 Å². The van der Waals surface area contributed by atoms with Gasteiger partial charge in [-0.15, -0.1) is 0 Å². The number of carbonyl (C=O) groups is 6. The quantitative estimate of drug-likeness (QED) is 0.0124. The molecule has 0 aliphatic rings. The number of fused-ring (bicyclic) bond motifs is 4. The van der Waals surface area contributed by atoms with Gasteiger partial charge < -0.3 is 57.6 Å². The highest BCUT2D eigenvalue weighted by Gasteiger charge is 2.40. The molecular formula is C72H94O18. The zero-order valence-electron chi connectivity index (χ0n) is 54.2. The molecule has 90 heavy (non-hydrogen) atoms. The Morgan fingerprint density at radius 1 is 0.456 bits per heavy atom. The van der Waals surface area contributed by atoms with Crippen LogP contribution in [0.2, 0.25) is 0 Å². The average molecular weight is 1250 g/mol. The Morgan fingerprint density at radius 2 is 0.811 bits per heavy atom. The predicted octanol–water partition coefficient (Wildman–Crippen LogP) is 12.1. The molecule has 0 spiro atoms. The molecule has 0 saturated heterocycles. The van der Waals surface area contributed by atoms with Crippen molar-refractivity contribution in [3.05, 3.63) is 157 Å². The molecule has 0 heterocycles. The molecule has 0 amide bonds. The van der Waals surface area contributed by atoms with Crippen molar-refractivity contribution in [3.8, 4) is 0 Å². The summed E-state index contributed by atoms with van der Waals surface area (Å²) >= 11 is 0. The first-order chi connectivity index (χ1) is 43.1. The number of hydrogen-bond donors (Lipinski definition) is 2. The van der Waals surface area contributed by atoms with Crippen LogP contribution in [0.1, 0.15) is 72.9 Å². The minimum absolute atomic E-state index is 0.0341. The normalized spacial score (nSPS) is 12.6. The van der Waals surface area contributed by atoms with Crippen LogP contribution >= 0.6 is 0 Å². The van der Waals surface area contributed by atoms with Gasteiger partial charge in [0.2, 0.25) is 0 Å². The molecule has 6 aromatic carbocycles. The highest BCUT2D eigenvalue weighted by atomic mass is 16.6. The van der Waals surface area contributed by atoms with Crippen molar-refractivity contribution in [1.29, 1.82) is 0 Å². The van der Waals surface area contributed by atoms with Gasteiger partial charge in [-0.25, -0.2) is 9.59 Å². The molecule has 5 atom stereocenters. The molecular weight excluding hydrogens is 1150 g/mol. The lowest BCUT2D eigenvalue weighted by Crippen LogP contribution is -2.38. The van der Waals surface area contributed by atoms with Gasteiger partial charge in [-0.05, 0) is 106 Å². The molecule has 6 aromatic rings. The van der Waals surface area contributed by atoms with Gasteiger partial charge in [-0.1, -0.05) is 151 Å². The Bertz CT molecular complexity index is 3150. The summed E-state index contributed by atoms with van der Waals surface area (Å²) in [4.78, 5) is 71.9.